The third-order valence-corrected chi connectivity index (χ3v) is 2.79. The van der Waals surface area contributed by atoms with Crippen LogP contribution < -0.4 is 0 Å². The van der Waals surface area contributed by atoms with Gasteiger partial charge in [0.2, 0.25) is 0 Å². The molecule has 0 saturated heterocycles. The van der Waals surface area contributed by atoms with E-state index in [1.165, 1.54) is 24.9 Å². The Morgan fingerprint density at radius 2 is 2.31 bits per heavy atom. The van der Waals surface area contributed by atoms with Gasteiger partial charge in [0.25, 0.3) is 9.05 Å². The average Bonchev–Trinajstić information content (AvgIpc) is 2.30. The van der Waals surface area contributed by atoms with Crippen molar-refractivity contribution in [3.05, 3.63) is 11.8 Å². The van der Waals surface area contributed by atoms with E-state index < -0.39 is 9.05 Å². The third-order valence-electron chi connectivity index (χ3n) is 1.43. The maximum absolute atomic E-state index is 10.9. The van der Waals surface area contributed by atoms with E-state index in [1.54, 1.807) is 0 Å². The second-order valence-corrected chi connectivity index (χ2v) is 4.98. The van der Waals surface area contributed by atoms with E-state index in [-0.39, 0.29) is 11.6 Å². The number of methoxy groups -OCH3 is 1. The molecule has 0 radical (unpaired) electrons. The van der Waals surface area contributed by atoms with Crippen molar-refractivity contribution in [1.82, 2.24) is 9.78 Å². The minimum Gasteiger partial charge on any atom is -0.378 e. The van der Waals surface area contributed by atoms with Gasteiger partial charge in [-0.15, -0.1) is 0 Å². The van der Waals surface area contributed by atoms with Crippen molar-refractivity contribution in [3.63, 3.8) is 0 Å². The Morgan fingerprint density at radius 1 is 1.69 bits per heavy atom. The normalized spacial score (nSPS) is 11.9. The van der Waals surface area contributed by atoms with Crippen LogP contribution in [0.25, 0.3) is 0 Å². The first-order chi connectivity index (χ1) is 5.95. The number of ether oxygens (including phenoxy) is 1. The molecule has 1 heterocycles. The monoisotopic (exact) mass is 224 g/mol. The summed E-state index contributed by atoms with van der Waals surface area (Å²) in [6, 6.07) is 1.38. The highest BCUT2D eigenvalue weighted by atomic mass is 35.7. The molecule has 1 aromatic rings. The molecule has 1 aromatic heterocycles. The topological polar surface area (TPSA) is 61.2 Å². The lowest BCUT2D eigenvalue weighted by molar-refractivity contribution is 0.181. The first-order valence-electron chi connectivity index (χ1n) is 3.41. The quantitative estimate of drug-likeness (QED) is 0.702. The fraction of sp³-hybridized carbons (Fsp3) is 0.500. The molecule has 13 heavy (non-hydrogen) atoms. The van der Waals surface area contributed by atoms with Gasteiger partial charge in [-0.1, -0.05) is 0 Å². The minimum atomic E-state index is -3.71. The van der Waals surface area contributed by atoms with Crippen LogP contribution >= 0.6 is 10.7 Å². The van der Waals surface area contributed by atoms with Crippen molar-refractivity contribution < 1.29 is 13.2 Å². The molecular weight excluding hydrogens is 216 g/mol. The molecule has 0 aromatic carbocycles. The summed E-state index contributed by atoms with van der Waals surface area (Å²) in [4.78, 5) is 0. The van der Waals surface area contributed by atoms with Crippen molar-refractivity contribution in [2.45, 2.75) is 11.6 Å². The molecule has 0 saturated carbocycles. The third kappa shape index (κ3) is 2.43. The lowest BCUT2D eigenvalue weighted by Gasteiger charge is -1.93. The number of rotatable bonds is 3. The van der Waals surface area contributed by atoms with Crippen LogP contribution in [-0.4, -0.2) is 25.3 Å². The largest absolute Gasteiger partial charge is 0.378 e. The van der Waals surface area contributed by atoms with Crippen LogP contribution in [-0.2, 0) is 27.4 Å². The second kappa shape index (κ2) is 3.65. The number of aromatic nitrogens is 2. The van der Waals surface area contributed by atoms with Gasteiger partial charge in [0, 0.05) is 30.9 Å². The van der Waals surface area contributed by atoms with E-state index in [0.717, 1.165) is 0 Å². The summed E-state index contributed by atoms with van der Waals surface area (Å²) in [5.41, 5.74) is 0.532. The maximum Gasteiger partial charge on any atom is 0.278 e. The van der Waals surface area contributed by atoms with Gasteiger partial charge in [0.05, 0.1) is 12.3 Å². The number of hydrogen-bond acceptors (Lipinski definition) is 4. The predicted octanol–water partition coefficient (Wildman–Crippen LogP) is 0.494. The molecule has 0 aliphatic rings. The van der Waals surface area contributed by atoms with Crippen LogP contribution in [0, 0.1) is 0 Å². The summed E-state index contributed by atoms with van der Waals surface area (Å²) in [6.45, 7) is 0.264. The van der Waals surface area contributed by atoms with Gasteiger partial charge in [0.15, 0.2) is 5.03 Å². The van der Waals surface area contributed by atoms with E-state index in [9.17, 15) is 8.42 Å². The maximum atomic E-state index is 10.9. The van der Waals surface area contributed by atoms with E-state index >= 15 is 0 Å². The van der Waals surface area contributed by atoms with Gasteiger partial charge < -0.3 is 4.74 Å². The van der Waals surface area contributed by atoms with Crippen LogP contribution in [0.15, 0.2) is 11.1 Å². The fourth-order valence-electron chi connectivity index (χ4n) is 0.953. The zero-order valence-electron chi connectivity index (χ0n) is 7.19. The highest BCUT2D eigenvalue weighted by Crippen LogP contribution is 2.15. The zero-order chi connectivity index (χ0) is 10.1. The molecule has 7 heteroatoms. The van der Waals surface area contributed by atoms with Crippen molar-refractivity contribution in [2.75, 3.05) is 7.11 Å². The second-order valence-electron chi connectivity index (χ2n) is 2.47. The first kappa shape index (κ1) is 10.5. The Bertz CT molecular complexity index is 398. The van der Waals surface area contributed by atoms with Gasteiger partial charge >= 0.3 is 0 Å². The van der Waals surface area contributed by atoms with Gasteiger partial charge in [-0.25, -0.2) is 8.42 Å². The molecule has 5 nitrogen and oxygen atoms in total. The van der Waals surface area contributed by atoms with Crippen molar-refractivity contribution in [2.24, 2.45) is 7.05 Å². The molecule has 0 N–H and O–H groups in total. The van der Waals surface area contributed by atoms with Crippen molar-refractivity contribution >= 4 is 19.7 Å². The van der Waals surface area contributed by atoms with E-state index in [0.29, 0.717) is 5.69 Å². The average molecular weight is 225 g/mol. The molecule has 0 spiro atoms. The zero-order valence-corrected chi connectivity index (χ0v) is 8.76. The Balaban J connectivity index is 3.11. The first-order valence-corrected chi connectivity index (χ1v) is 5.72. The number of hydrogen-bond donors (Lipinski definition) is 0. The summed E-state index contributed by atoms with van der Waals surface area (Å²) in [6.07, 6.45) is 0. The smallest absolute Gasteiger partial charge is 0.278 e. The summed E-state index contributed by atoms with van der Waals surface area (Å²) < 4.78 is 27.9. The predicted molar refractivity (Wildman–Crippen MR) is 47.0 cm³/mol. The number of halogens is 1. The minimum absolute atomic E-state index is 0.0267. The van der Waals surface area contributed by atoms with Gasteiger partial charge in [0.1, 0.15) is 0 Å². The van der Waals surface area contributed by atoms with E-state index in [2.05, 4.69) is 5.10 Å². The molecular formula is C6H9ClN2O3S. The van der Waals surface area contributed by atoms with Crippen LogP contribution in [0.3, 0.4) is 0 Å². The van der Waals surface area contributed by atoms with Crippen LogP contribution in [0.1, 0.15) is 5.69 Å². The molecule has 0 aliphatic carbocycles. The van der Waals surface area contributed by atoms with Gasteiger partial charge in [-0.2, -0.15) is 5.10 Å². The summed E-state index contributed by atoms with van der Waals surface area (Å²) in [5.74, 6) is 0. The number of nitrogens with zero attached hydrogens (tertiary/aromatic N) is 2. The Hall–Kier alpha value is -0.590. The SMILES string of the molecule is COCc1cc(S(=O)(=O)Cl)n(C)n1. The number of aryl methyl sites for hydroxylation is 1. The molecule has 0 unspecified atom stereocenters. The fourth-order valence-corrected chi connectivity index (χ4v) is 2.02. The molecule has 0 fully saturated rings. The lowest BCUT2D eigenvalue weighted by Crippen LogP contribution is -2.01. The van der Waals surface area contributed by atoms with Crippen molar-refractivity contribution in [3.8, 4) is 0 Å². The highest BCUT2D eigenvalue weighted by Gasteiger charge is 2.16. The highest BCUT2D eigenvalue weighted by molar-refractivity contribution is 8.13. The van der Waals surface area contributed by atoms with Gasteiger partial charge in [-0.05, 0) is 0 Å². The summed E-state index contributed by atoms with van der Waals surface area (Å²) in [5, 5.41) is 3.87. The van der Waals surface area contributed by atoms with E-state index in [4.69, 9.17) is 15.4 Å². The van der Waals surface area contributed by atoms with Crippen LogP contribution in [0.5, 0.6) is 0 Å². The van der Waals surface area contributed by atoms with Crippen LogP contribution in [0.2, 0.25) is 0 Å². The molecule has 0 aliphatic heterocycles. The molecule has 0 bridgehead atoms. The Labute approximate surface area is 80.7 Å². The van der Waals surface area contributed by atoms with Gasteiger partial charge in [-0.3, -0.25) is 4.68 Å². The molecule has 0 amide bonds. The standard InChI is InChI=1S/C6H9ClN2O3S/c1-9-6(13(7,10)11)3-5(8-9)4-12-2/h3H,4H2,1-2H3. The molecule has 0 atom stereocenters. The summed E-state index contributed by atoms with van der Waals surface area (Å²) in [7, 11) is 4.45. The molecule has 74 valence electrons. The lowest BCUT2D eigenvalue weighted by atomic mass is 10.5. The van der Waals surface area contributed by atoms with E-state index in [1.807, 2.05) is 0 Å². The van der Waals surface area contributed by atoms with Crippen LogP contribution in [0.4, 0.5) is 0 Å². The molecule has 1 rings (SSSR count). The van der Waals surface area contributed by atoms with Crippen molar-refractivity contribution in [1.29, 1.82) is 0 Å². The summed E-state index contributed by atoms with van der Waals surface area (Å²) >= 11 is 0. The Kier molecular flexibility index (Phi) is 2.94. The Morgan fingerprint density at radius 3 is 2.69 bits per heavy atom.